The first-order chi connectivity index (χ1) is 17.7. The third-order valence-corrected chi connectivity index (χ3v) is 6.68. The highest BCUT2D eigenvalue weighted by atomic mass is 16.3. The van der Waals surface area contributed by atoms with E-state index in [1.54, 1.807) is 19.1 Å². The van der Waals surface area contributed by atoms with Gasteiger partial charge in [0.15, 0.2) is 0 Å². The summed E-state index contributed by atoms with van der Waals surface area (Å²) in [6.07, 6.45) is 2.27. The molecule has 0 saturated heterocycles. The van der Waals surface area contributed by atoms with Crippen LogP contribution in [0.4, 0.5) is 11.5 Å². The maximum absolute atomic E-state index is 12.6. The van der Waals surface area contributed by atoms with Crippen molar-refractivity contribution in [3.05, 3.63) is 72.6 Å². The van der Waals surface area contributed by atoms with Crippen LogP contribution in [0, 0.1) is 0 Å². The van der Waals surface area contributed by atoms with E-state index in [0.29, 0.717) is 41.1 Å². The van der Waals surface area contributed by atoms with Gasteiger partial charge >= 0.3 is 0 Å². The summed E-state index contributed by atoms with van der Waals surface area (Å²) in [4.78, 5) is 33.3. The molecule has 4 aromatic rings. The fraction of sp³-hybridized carbons (Fsp3) is 0.214. The van der Waals surface area contributed by atoms with Crippen molar-refractivity contribution in [1.29, 1.82) is 0 Å². The van der Waals surface area contributed by atoms with Gasteiger partial charge < -0.3 is 26.0 Å². The molecule has 5 rings (SSSR count). The van der Waals surface area contributed by atoms with Gasteiger partial charge in [0.05, 0.1) is 17.2 Å². The first-order valence-electron chi connectivity index (χ1n) is 12.0. The van der Waals surface area contributed by atoms with Gasteiger partial charge in [0.1, 0.15) is 17.8 Å². The summed E-state index contributed by atoms with van der Waals surface area (Å²) in [5, 5.41) is 16.0. The highest BCUT2D eigenvalue weighted by molar-refractivity contribution is 6.08. The van der Waals surface area contributed by atoms with Crippen LogP contribution in [0.15, 0.2) is 67.0 Å². The van der Waals surface area contributed by atoms with Crippen LogP contribution < -0.4 is 16.4 Å². The molecule has 9 nitrogen and oxygen atoms in total. The third kappa shape index (κ3) is 4.56. The average molecular weight is 497 g/mol. The Hall–Kier alpha value is -4.50. The monoisotopic (exact) mass is 496 g/mol. The number of aryl methyl sites for hydroxylation is 1. The van der Waals surface area contributed by atoms with E-state index in [9.17, 15) is 14.7 Å². The number of benzene rings is 2. The van der Waals surface area contributed by atoms with E-state index < -0.39 is 0 Å². The van der Waals surface area contributed by atoms with Gasteiger partial charge in [-0.3, -0.25) is 9.59 Å². The molecule has 1 fully saturated rings. The normalized spacial score (nSPS) is 16.7. The molecular weight excluding hydrogens is 468 g/mol. The quantitative estimate of drug-likeness (QED) is 0.301. The van der Waals surface area contributed by atoms with Crippen molar-refractivity contribution in [2.75, 3.05) is 11.1 Å². The number of carbonyl (C=O) groups excluding carboxylic acids is 2. The molecule has 1 aliphatic carbocycles. The summed E-state index contributed by atoms with van der Waals surface area (Å²) in [6, 6.07) is 14.8. The van der Waals surface area contributed by atoms with Crippen molar-refractivity contribution in [1.82, 2.24) is 19.9 Å². The van der Waals surface area contributed by atoms with Crippen molar-refractivity contribution in [2.24, 2.45) is 7.05 Å². The molecule has 0 bridgehead atoms. The first kappa shape index (κ1) is 24.2. The number of nitrogens with zero attached hydrogens (tertiary/aromatic N) is 3. The molecule has 0 radical (unpaired) electrons. The van der Waals surface area contributed by atoms with Crippen LogP contribution in [0.5, 0.6) is 0 Å². The molecule has 188 valence electrons. The molecule has 2 aromatic heterocycles. The van der Waals surface area contributed by atoms with Gasteiger partial charge in [-0.05, 0) is 55.2 Å². The van der Waals surface area contributed by atoms with Gasteiger partial charge in [0, 0.05) is 35.5 Å². The van der Waals surface area contributed by atoms with Gasteiger partial charge in [-0.1, -0.05) is 30.8 Å². The predicted octanol–water partition coefficient (Wildman–Crippen LogP) is 3.65. The molecule has 2 aromatic carbocycles. The van der Waals surface area contributed by atoms with Gasteiger partial charge in [0.25, 0.3) is 11.8 Å². The minimum Gasteiger partial charge on any atom is -0.393 e. The number of carbonyl (C=O) groups is 2. The molecule has 0 aliphatic heterocycles. The molecule has 0 spiro atoms. The fourth-order valence-electron chi connectivity index (χ4n) is 4.61. The Balaban J connectivity index is 1.54. The summed E-state index contributed by atoms with van der Waals surface area (Å²) in [7, 11) is 1.92. The number of nitrogens with two attached hydrogens (primary N) is 1. The van der Waals surface area contributed by atoms with Crippen LogP contribution >= 0.6 is 0 Å². The smallest absolute Gasteiger partial charge is 0.251 e. The SMILES string of the molecule is C=C(C)C(=O)Nc1ccc(-c2c(-c3ccc(C(=O)NC4CC(O)C4)cc3)c3c(N)ncnc3n2C)cc1. The number of fused-ring (bicyclic) bond motifs is 1. The lowest BCUT2D eigenvalue weighted by Gasteiger charge is -2.31. The molecule has 0 unspecified atom stereocenters. The number of hydrogen-bond acceptors (Lipinski definition) is 6. The topological polar surface area (TPSA) is 135 Å². The van der Waals surface area contributed by atoms with Crippen LogP contribution in [0.1, 0.15) is 30.1 Å². The van der Waals surface area contributed by atoms with Gasteiger partial charge in [-0.2, -0.15) is 0 Å². The summed E-state index contributed by atoms with van der Waals surface area (Å²) in [5.41, 5.74) is 12.1. The Bertz CT molecular complexity index is 1520. The minimum atomic E-state index is -0.332. The van der Waals surface area contributed by atoms with E-state index in [1.807, 2.05) is 48.0 Å². The molecule has 1 saturated carbocycles. The Morgan fingerprint density at radius 1 is 1.05 bits per heavy atom. The maximum atomic E-state index is 12.6. The second-order valence-corrected chi connectivity index (χ2v) is 9.42. The van der Waals surface area contributed by atoms with Crippen LogP contribution in [0.3, 0.4) is 0 Å². The summed E-state index contributed by atoms with van der Waals surface area (Å²) < 4.78 is 1.96. The Morgan fingerprint density at radius 2 is 1.70 bits per heavy atom. The number of nitrogens with one attached hydrogen (secondary N) is 2. The number of aromatic nitrogens is 3. The molecule has 2 amide bonds. The summed E-state index contributed by atoms with van der Waals surface area (Å²) in [6.45, 7) is 5.33. The lowest BCUT2D eigenvalue weighted by molar-refractivity contribution is -0.112. The largest absolute Gasteiger partial charge is 0.393 e. The third-order valence-electron chi connectivity index (χ3n) is 6.68. The minimum absolute atomic E-state index is 0.00643. The molecule has 5 N–H and O–H groups in total. The van der Waals surface area contributed by atoms with Gasteiger partial charge in [0.2, 0.25) is 0 Å². The molecule has 37 heavy (non-hydrogen) atoms. The number of aliphatic hydroxyl groups is 1. The highest BCUT2D eigenvalue weighted by Gasteiger charge is 2.28. The molecule has 9 heteroatoms. The molecule has 1 aliphatic rings. The Labute approximate surface area is 214 Å². The number of amides is 2. The van der Waals surface area contributed by atoms with E-state index in [1.165, 1.54) is 6.33 Å². The predicted molar refractivity (Wildman–Crippen MR) is 144 cm³/mol. The summed E-state index contributed by atoms with van der Waals surface area (Å²) in [5.74, 6) is -0.0481. The molecule has 2 heterocycles. The Morgan fingerprint density at radius 3 is 2.32 bits per heavy atom. The zero-order valence-electron chi connectivity index (χ0n) is 20.7. The standard InChI is InChI=1S/C28H28N6O3/c1-15(2)27(36)32-19-10-8-17(9-11-19)24-22(23-25(29)30-14-31-26(23)34(24)3)16-4-6-18(7-5-16)28(37)33-20-12-21(35)13-20/h4-11,14,20-21,35H,1,12-13H2,2-3H3,(H,32,36)(H,33,37)(H2,29,30,31). The van der Waals surface area contributed by atoms with Gasteiger partial charge in [-0.25, -0.2) is 9.97 Å². The highest BCUT2D eigenvalue weighted by Crippen LogP contribution is 2.41. The lowest BCUT2D eigenvalue weighted by atomic mass is 9.89. The van der Waals surface area contributed by atoms with Gasteiger partial charge in [-0.15, -0.1) is 0 Å². The van der Waals surface area contributed by atoms with Crippen molar-refractivity contribution in [3.63, 3.8) is 0 Å². The zero-order valence-corrected chi connectivity index (χ0v) is 20.7. The number of hydrogen-bond donors (Lipinski definition) is 4. The summed E-state index contributed by atoms with van der Waals surface area (Å²) >= 11 is 0. The first-order valence-corrected chi connectivity index (χ1v) is 12.0. The van der Waals surface area contributed by atoms with Crippen molar-refractivity contribution >= 4 is 34.4 Å². The van der Waals surface area contributed by atoms with E-state index >= 15 is 0 Å². The maximum Gasteiger partial charge on any atom is 0.251 e. The average Bonchev–Trinajstić information content (AvgIpc) is 3.17. The van der Waals surface area contributed by atoms with Crippen LogP contribution in [-0.2, 0) is 11.8 Å². The fourth-order valence-corrected chi connectivity index (χ4v) is 4.61. The van der Waals surface area contributed by atoms with E-state index in [-0.39, 0.29) is 24.0 Å². The van der Waals surface area contributed by atoms with Crippen molar-refractivity contribution in [2.45, 2.75) is 31.9 Å². The lowest BCUT2D eigenvalue weighted by Crippen LogP contribution is -2.46. The van der Waals surface area contributed by atoms with E-state index in [4.69, 9.17) is 5.73 Å². The van der Waals surface area contributed by atoms with Crippen LogP contribution in [0.2, 0.25) is 0 Å². The van der Waals surface area contributed by atoms with Crippen LogP contribution in [-0.4, -0.2) is 43.6 Å². The van der Waals surface area contributed by atoms with E-state index in [0.717, 1.165) is 27.8 Å². The number of nitrogen functional groups attached to an aromatic ring is 1. The van der Waals surface area contributed by atoms with Crippen molar-refractivity contribution < 1.29 is 14.7 Å². The Kier molecular flexibility index (Phi) is 6.22. The molecule has 0 atom stereocenters. The van der Waals surface area contributed by atoms with Crippen LogP contribution in [0.25, 0.3) is 33.4 Å². The van der Waals surface area contributed by atoms with Crippen molar-refractivity contribution in [3.8, 4) is 22.4 Å². The zero-order chi connectivity index (χ0) is 26.3. The van der Waals surface area contributed by atoms with E-state index in [2.05, 4.69) is 27.2 Å². The number of anilines is 2. The second-order valence-electron chi connectivity index (χ2n) is 9.42. The number of aliphatic hydroxyl groups excluding tert-OH is 1. The number of rotatable bonds is 6. The molecular formula is C28H28N6O3. The second kappa shape index (κ2) is 9.51.